The number of carbonyl (C=O) groups excluding carboxylic acids is 2. The van der Waals surface area contributed by atoms with Gasteiger partial charge in [0.15, 0.2) is 0 Å². The Morgan fingerprint density at radius 2 is 1.59 bits per heavy atom. The van der Waals surface area contributed by atoms with Gasteiger partial charge < -0.3 is 4.74 Å². The van der Waals surface area contributed by atoms with Gasteiger partial charge in [-0.25, -0.2) is 14.7 Å². The number of rotatable bonds is 2. The van der Waals surface area contributed by atoms with Crippen LogP contribution in [-0.2, 0) is 9.53 Å². The molecule has 0 unspecified atom stereocenters. The SMILES string of the molecule is CC(C)(C)OC(=O)N(C(=O)C(C)(F)F)c1cc(Cl)nc(Cl)c1. The molecule has 122 valence electrons. The van der Waals surface area contributed by atoms with E-state index in [0.717, 1.165) is 12.1 Å². The summed E-state index contributed by atoms with van der Waals surface area (Å²) in [6, 6.07) is 2.11. The van der Waals surface area contributed by atoms with E-state index in [1.54, 1.807) is 0 Å². The molecule has 0 bridgehead atoms. The van der Waals surface area contributed by atoms with Crippen LogP contribution in [0.3, 0.4) is 0 Å². The zero-order chi connectivity index (χ0) is 17.3. The van der Waals surface area contributed by atoms with E-state index in [2.05, 4.69) is 4.98 Å². The fourth-order valence-electron chi connectivity index (χ4n) is 1.39. The predicted molar refractivity (Wildman–Crippen MR) is 78.6 cm³/mol. The molecule has 9 heteroatoms. The summed E-state index contributed by atoms with van der Waals surface area (Å²) in [5.74, 6) is -5.56. The molecule has 1 heterocycles. The van der Waals surface area contributed by atoms with Crippen molar-refractivity contribution in [3.8, 4) is 0 Å². The van der Waals surface area contributed by atoms with Crippen molar-refractivity contribution in [2.24, 2.45) is 0 Å². The molecule has 0 aromatic carbocycles. The van der Waals surface area contributed by atoms with Gasteiger partial charge in [0.1, 0.15) is 15.9 Å². The van der Waals surface area contributed by atoms with Crippen molar-refractivity contribution in [2.75, 3.05) is 4.90 Å². The smallest absolute Gasteiger partial charge is 0.421 e. The van der Waals surface area contributed by atoms with Gasteiger partial charge in [-0.3, -0.25) is 4.79 Å². The molecule has 5 nitrogen and oxygen atoms in total. The third-order valence-corrected chi connectivity index (χ3v) is 2.55. The Bertz CT molecular complexity index is 578. The zero-order valence-electron chi connectivity index (χ0n) is 12.3. The average molecular weight is 355 g/mol. The monoisotopic (exact) mass is 354 g/mol. The van der Waals surface area contributed by atoms with Crippen LogP contribution in [-0.4, -0.2) is 28.5 Å². The third-order valence-electron chi connectivity index (χ3n) is 2.16. The number of halogens is 4. The van der Waals surface area contributed by atoms with Crippen LogP contribution in [0.15, 0.2) is 12.1 Å². The number of anilines is 1. The molecule has 1 aromatic rings. The number of aromatic nitrogens is 1. The summed E-state index contributed by atoms with van der Waals surface area (Å²) in [7, 11) is 0. The lowest BCUT2D eigenvalue weighted by Gasteiger charge is -2.27. The topological polar surface area (TPSA) is 59.5 Å². The second-order valence-corrected chi connectivity index (χ2v) is 6.25. The van der Waals surface area contributed by atoms with E-state index >= 15 is 0 Å². The van der Waals surface area contributed by atoms with Crippen molar-refractivity contribution < 1.29 is 23.1 Å². The quantitative estimate of drug-likeness (QED) is 0.742. The summed E-state index contributed by atoms with van der Waals surface area (Å²) in [5, 5.41) is -0.327. The summed E-state index contributed by atoms with van der Waals surface area (Å²) in [6.07, 6.45) is -1.27. The fraction of sp³-hybridized carbons (Fsp3) is 0.462. The van der Waals surface area contributed by atoms with Crippen molar-refractivity contribution in [3.63, 3.8) is 0 Å². The maximum atomic E-state index is 13.4. The highest BCUT2D eigenvalue weighted by Gasteiger charge is 2.42. The van der Waals surface area contributed by atoms with Gasteiger partial charge in [0.05, 0.1) is 5.69 Å². The van der Waals surface area contributed by atoms with Crippen LogP contribution in [0.4, 0.5) is 19.3 Å². The number of hydrogen-bond donors (Lipinski definition) is 0. The van der Waals surface area contributed by atoms with Gasteiger partial charge >= 0.3 is 17.9 Å². The van der Waals surface area contributed by atoms with E-state index in [9.17, 15) is 18.4 Å². The molecule has 22 heavy (non-hydrogen) atoms. The van der Waals surface area contributed by atoms with Crippen LogP contribution in [0.2, 0.25) is 10.3 Å². The highest BCUT2D eigenvalue weighted by atomic mass is 35.5. The summed E-state index contributed by atoms with van der Waals surface area (Å²) in [6.45, 7) is 4.97. The molecule has 0 spiro atoms. The van der Waals surface area contributed by atoms with Crippen molar-refractivity contribution in [2.45, 2.75) is 39.2 Å². The first-order valence-corrected chi connectivity index (χ1v) is 6.85. The number of carbonyl (C=O) groups is 2. The second-order valence-electron chi connectivity index (χ2n) is 5.48. The fourth-order valence-corrected chi connectivity index (χ4v) is 1.84. The largest absolute Gasteiger partial charge is 0.443 e. The normalized spacial score (nSPS) is 12.0. The highest BCUT2D eigenvalue weighted by molar-refractivity contribution is 6.33. The van der Waals surface area contributed by atoms with Gasteiger partial charge in [-0.2, -0.15) is 8.78 Å². The third kappa shape index (κ3) is 5.06. The lowest BCUT2D eigenvalue weighted by atomic mass is 10.2. The van der Waals surface area contributed by atoms with Crippen LogP contribution in [0, 0.1) is 0 Å². The lowest BCUT2D eigenvalue weighted by molar-refractivity contribution is -0.139. The van der Waals surface area contributed by atoms with Crippen molar-refractivity contribution in [1.29, 1.82) is 0 Å². The number of pyridine rings is 1. The number of amides is 2. The Morgan fingerprint density at radius 1 is 1.14 bits per heavy atom. The van der Waals surface area contributed by atoms with Crippen molar-refractivity contribution in [1.82, 2.24) is 4.98 Å². The molecule has 0 radical (unpaired) electrons. The van der Waals surface area contributed by atoms with Gasteiger partial charge in [-0.05, 0) is 32.9 Å². The lowest BCUT2D eigenvalue weighted by Crippen LogP contribution is -2.47. The molecule has 0 saturated carbocycles. The van der Waals surface area contributed by atoms with Crippen LogP contribution < -0.4 is 4.90 Å². The Balaban J connectivity index is 3.34. The number of ether oxygens (including phenoxy) is 1. The average Bonchev–Trinajstić information content (AvgIpc) is 2.23. The van der Waals surface area contributed by atoms with Crippen molar-refractivity contribution >= 4 is 40.9 Å². The van der Waals surface area contributed by atoms with E-state index in [-0.39, 0.29) is 20.9 Å². The molecule has 0 saturated heterocycles. The molecule has 0 aliphatic rings. The van der Waals surface area contributed by atoms with Crippen LogP contribution in [0.1, 0.15) is 27.7 Å². The first-order chi connectivity index (χ1) is 9.81. The molecule has 0 aliphatic heterocycles. The molecule has 1 aromatic heterocycles. The van der Waals surface area contributed by atoms with Gasteiger partial charge in [0, 0.05) is 6.92 Å². The van der Waals surface area contributed by atoms with Gasteiger partial charge in [0.25, 0.3) is 0 Å². The molecule has 0 N–H and O–H groups in total. The van der Waals surface area contributed by atoms with E-state index in [1.165, 1.54) is 20.8 Å². The summed E-state index contributed by atoms with van der Waals surface area (Å²) in [5.41, 5.74) is -1.25. The minimum Gasteiger partial charge on any atom is -0.443 e. The van der Waals surface area contributed by atoms with Gasteiger partial charge in [-0.1, -0.05) is 23.2 Å². The van der Waals surface area contributed by atoms with E-state index in [1.807, 2.05) is 0 Å². The first-order valence-electron chi connectivity index (χ1n) is 6.10. The highest BCUT2D eigenvalue weighted by Crippen LogP contribution is 2.28. The summed E-state index contributed by atoms with van der Waals surface area (Å²) >= 11 is 11.4. The number of imide groups is 1. The minimum atomic E-state index is -3.79. The van der Waals surface area contributed by atoms with Crippen LogP contribution >= 0.6 is 23.2 Å². The van der Waals surface area contributed by atoms with Crippen LogP contribution in [0.25, 0.3) is 0 Å². The number of alkyl halides is 2. The Hall–Kier alpha value is -1.47. The maximum absolute atomic E-state index is 13.4. The Kier molecular flexibility index (Phi) is 5.35. The van der Waals surface area contributed by atoms with Crippen molar-refractivity contribution in [3.05, 3.63) is 22.4 Å². The van der Waals surface area contributed by atoms with Crippen LogP contribution in [0.5, 0.6) is 0 Å². The minimum absolute atomic E-state index is 0.164. The van der Waals surface area contributed by atoms with E-state index in [4.69, 9.17) is 27.9 Å². The molecular weight excluding hydrogens is 341 g/mol. The molecule has 0 atom stereocenters. The molecule has 2 amide bonds. The summed E-state index contributed by atoms with van der Waals surface area (Å²) < 4.78 is 31.7. The Morgan fingerprint density at radius 3 is 1.95 bits per heavy atom. The van der Waals surface area contributed by atoms with E-state index < -0.39 is 23.5 Å². The second kappa shape index (κ2) is 6.34. The Labute approximate surface area is 136 Å². The number of nitrogens with zero attached hydrogens (tertiary/aromatic N) is 2. The predicted octanol–water partition coefficient (Wildman–Crippen LogP) is 4.31. The molecule has 0 aliphatic carbocycles. The first kappa shape index (κ1) is 18.6. The van der Waals surface area contributed by atoms with E-state index in [0.29, 0.717) is 6.92 Å². The maximum Gasteiger partial charge on any atom is 0.421 e. The molecule has 0 fully saturated rings. The zero-order valence-corrected chi connectivity index (χ0v) is 13.8. The standard InChI is InChI=1S/C13H14Cl2F2N2O3/c1-12(2,3)22-11(21)19(10(20)13(4,16)17)7-5-8(14)18-9(15)6-7/h5-6H,1-4H3. The number of hydrogen-bond acceptors (Lipinski definition) is 4. The molecular formula is C13H14Cl2F2N2O3. The molecule has 1 rings (SSSR count). The van der Waals surface area contributed by atoms with Gasteiger partial charge in [0.2, 0.25) is 0 Å². The van der Waals surface area contributed by atoms with Gasteiger partial charge in [-0.15, -0.1) is 0 Å². The summed E-state index contributed by atoms with van der Waals surface area (Å²) in [4.78, 5) is 27.8.